The molecule has 24 heavy (non-hydrogen) atoms. The Kier molecular flexibility index (Phi) is 3.59. The first-order valence-electron chi connectivity index (χ1n) is 7.30. The van der Waals surface area contributed by atoms with Crippen LogP contribution in [0.3, 0.4) is 0 Å². The maximum atomic E-state index is 13.7. The molecule has 6 heteroatoms. The van der Waals surface area contributed by atoms with Crippen molar-refractivity contribution in [3.8, 4) is 11.3 Å². The molecule has 2 heterocycles. The monoisotopic (exact) mass is 337 g/mol. The maximum Gasteiger partial charge on any atom is 0.257 e. The third-order valence-corrected chi connectivity index (χ3v) is 4.41. The predicted octanol–water partition coefficient (Wildman–Crippen LogP) is 4.53. The van der Waals surface area contributed by atoms with Crippen LogP contribution in [-0.2, 0) is 0 Å². The minimum absolute atomic E-state index is 0.198. The SMILES string of the molecule is O=c1[nH]c2ccccc2cc1-c1csc(Nc2ccccc2F)n1. The second kappa shape index (κ2) is 5.90. The summed E-state index contributed by atoms with van der Waals surface area (Å²) in [6, 6.07) is 15.8. The number of H-pyrrole nitrogens is 1. The fraction of sp³-hybridized carbons (Fsp3) is 0. The number of para-hydroxylation sites is 2. The van der Waals surface area contributed by atoms with Crippen molar-refractivity contribution in [1.82, 2.24) is 9.97 Å². The van der Waals surface area contributed by atoms with Crippen LogP contribution in [0.5, 0.6) is 0 Å². The van der Waals surface area contributed by atoms with Gasteiger partial charge in [-0.15, -0.1) is 11.3 Å². The third kappa shape index (κ3) is 2.68. The van der Waals surface area contributed by atoms with Crippen LogP contribution in [-0.4, -0.2) is 9.97 Å². The zero-order valence-corrected chi connectivity index (χ0v) is 13.2. The van der Waals surface area contributed by atoms with E-state index in [1.165, 1.54) is 17.4 Å². The highest BCUT2D eigenvalue weighted by Gasteiger charge is 2.11. The Hall–Kier alpha value is -2.99. The molecule has 0 saturated carbocycles. The third-order valence-electron chi connectivity index (χ3n) is 3.65. The molecule has 2 aromatic heterocycles. The number of nitrogens with zero attached hydrogens (tertiary/aromatic N) is 1. The van der Waals surface area contributed by atoms with E-state index < -0.39 is 0 Å². The fourth-order valence-electron chi connectivity index (χ4n) is 2.47. The molecular weight excluding hydrogens is 325 g/mol. The maximum absolute atomic E-state index is 13.7. The second-order valence-corrected chi connectivity index (χ2v) is 6.10. The van der Waals surface area contributed by atoms with Crippen molar-refractivity contribution in [2.45, 2.75) is 0 Å². The van der Waals surface area contributed by atoms with Gasteiger partial charge in [0.25, 0.3) is 5.56 Å². The highest BCUT2D eigenvalue weighted by Crippen LogP contribution is 2.27. The average Bonchev–Trinajstić information content (AvgIpc) is 3.04. The van der Waals surface area contributed by atoms with E-state index in [1.54, 1.807) is 23.6 Å². The molecular formula is C18H12FN3OS. The van der Waals surface area contributed by atoms with Gasteiger partial charge in [-0.1, -0.05) is 30.3 Å². The first-order valence-corrected chi connectivity index (χ1v) is 8.18. The molecule has 0 fully saturated rings. The predicted molar refractivity (Wildman–Crippen MR) is 95.4 cm³/mol. The van der Waals surface area contributed by atoms with Crippen molar-refractivity contribution < 1.29 is 4.39 Å². The van der Waals surface area contributed by atoms with Crippen molar-refractivity contribution in [1.29, 1.82) is 0 Å². The van der Waals surface area contributed by atoms with E-state index in [1.807, 2.05) is 30.3 Å². The Morgan fingerprint density at radius 3 is 2.75 bits per heavy atom. The molecule has 0 radical (unpaired) electrons. The standard InChI is InChI=1S/C18H12FN3OS/c19-13-6-2-4-8-15(13)21-18-22-16(10-24-18)12-9-11-5-1-3-7-14(11)20-17(12)23/h1-10H,(H,20,23)(H,21,22). The molecule has 2 aromatic carbocycles. The number of hydrogen-bond donors (Lipinski definition) is 2. The van der Waals surface area contributed by atoms with Crippen LogP contribution in [0.1, 0.15) is 0 Å². The van der Waals surface area contributed by atoms with Crippen molar-refractivity contribution >= 4 is 33.1 Å². The minimum atomic E-state index is -0.349. The number of aromatic amines is 1. The number of rotatable bonds is 3. The lowest BCUT2D eigenvalue weighted by molar-refractivity contribution is 0.632. The summed E-state index contributed by atoms with van der Waals surface area (Å²) in [5.74, 6) is -0.349. The molecule has 0 atom stereocenters. The molecule has 4 aromatic rings. The lowest BCUT2D eigenvalue weighted by Gasteiger charge is -2.03. The zero-order valence-electron chi connectivity index (χ0n) is 12.4. The molecule has 0 spiro atoms. The van der Waals surface area contributed by atoms with Crippen molar-refractivity contribution in [2.24, 2.45) is 0 Å². The van der Waals surface area contributed by atoms with E-state index >= 15 is 0 Å². The molecule has 4 rings (SSSR count). The smallest absolute Gasteiger partial charge is 0.257 e. The van der Waals surface area contributed by atoms with Gasteiger partial charge in [0.1, 0.15) is 5.82 Å². The Bertz CT molecular complexity index is 1090. The molecule has 0 aliphatic carbocycles. The normalized spacial score (nSPS) is 10.9. The summed E-state index contributed by atoms with van der Waals surface area (Å²) in [4.78, 5) is 19.5. The van der Waals surface area contributed by atoms with Gasteiger partial charge in [-0.05, 0) is 29.7 Å². The van der Waals surface area contributed by atoms with Gasteiger partial charge >= 0.3 is 0 Å². The fourth-order valence-corrected chi connectivity index (χ4v) is 3.19. The zero-order chi connectivity index (χ0) is 16.5. The lowest BCUT2D eigenvalue weighted by atomic mass is 10.1. The van der Waals surface area contributed by atoms with Crippen molar-refractivity contribution in [3.05, 3.63) is 76.1 Å². The van der Waals surface area contributed by atoms with Crippen molar-refractivity contribution in [3.63, 3.8) is 0 Å². The van der Waals surface area contributed by atoms with Crippen LogP contribution < -0.4 is 10.9 Å². The Morgan fingerprint density at radius 2 is 1.88 bits per heavy atom. The summed E-state index contributed by atoms with van der Waals surface area (Å²) >= 11 is 1.32. The van der Waals surface area contributed by atoms with Crippen LogP contribution in [0.2, 0.25) is 0 Å². The van der Waals surface area contributed by atoms with Gasteiger partial charge in [0, 0.05) is 10.9 Å². The van der Waals surface area contributed by atoms with Gasteiger partial charge < -0.3 is 10.3 Å². The van der Waals surface area contributed by atoms with Gasteiger partial charge in [-0.2, -0.15) is 0 Å². The highest BCUT2D eigenvalue weighted by atomic mass is 32.1. The number of pyridine rings is 1. The molecule has 0 amide bonds. The number of nitrogens with one attached hydrogen (secondary N) is 2. The number of hydrogen-bond acceptors (Lipinski definition) is 4. The molecule has 0 aliphatic rings. The van der Waals surface area contributed by atoms with E-state index in [9.17, 15) is 9.18 Å². The lowest BCUT2D eigenvalue weighted by Crippen LogP contribution is -2.08. The van der Waals surface area contributed by atoms with E-state index in [0.717, 1.165) is 10.9 Å². The summed E-state index contributed by atoms with van der Waals surface area (Å²) in [5.41, 5.74) is 1.99. The number of anilines is 2. The molecule has 0 saturated heterocycles. The Morgan fingerprint density at radius 1 is 1.08 bits per heavy atom. The number of aromatic nitrogens is 2. The summed E-state index contributed by atoms with van der Waals surface area (Å²) in [5, 5.41) is 6.18. The van der Waals surface area contributed by atoms with E-state index in [0.29, 0.717) is 22.1 Å². The molecule has 0 unspecified atom stereocenters. The Balaban J connectivity index is 1.71. The van der Waals surface area contributed by atoms with Gasteiger partial charge in [0.2, 0.25) is 0 Å². The largest absolute Gasteiger partial charge is 0.329 e. The minimum Gasteiger partial charge on any atom is -0.329 e. The van der Waals surface area contributed by atoms with Gasteiger partial charge in [-0.3, -0.25) is 4.79 Å². The molecule has 118 valence electrons. The highest BCUT2D eigenvalue weighted by molar-refractivity contribution is 7.14. The van der Waals surface area contributed by atoms with Gasteiger partial charge in [-0.25, -0.2) is 9.37 Å². The summed E-state index contributed by atoms with van der Waals surface area (Å²) in [7, 11) is 0. The summed E-state index contributed by atoms with van der Waals surface area (Å²) < 4.78 is 13.7. The quantitative estimate of drug-likeness (QED) is 0.577. The second-order valence-electron chi connectivity index (χ2n) is 5.24. The summed E-state index contributed by atoms with van der Waals surface area (Å²) in [6.07, 6.45) is 0. The first kappa shape index (κ1) is 14.6. The number of thiazole rings is 1. The number of benzene rings is 2. The van der Waals surface area contributed by atoms with Gasteiger partial charge in [0.15, 0.2) is 5.13 Å². The van der Waals surface area contributed by atoms with Gasteiger partial charge in [0.05, 0.1) is 16.9 Å². The molecule has 0 aliphatic heterocycles. The van der Waals surface area contributed by atoms with Crippen LogP contribution in [0.15, 0.2) is 64.8 Å². The number of halogens is 1. The van der Waals surface area contributed by atoms with E-state index in [2.05, 4.69) is 15.3 Å². The number of fused-ring (bicyclic) bond motifs is 1. The topological polar surface area (TPSA) is 57.8 Å². The Labute approximate surface area is 140 Å². The van der Waals surface area contributed by atoms with Crippen LogP contribution in [0.4, 0.5) is 15.2 Å². The van der Waals surface area contributed by atoms with Crippen LogP contribution in [0.25, 0.3) is 22.2 Å². The van der Waals surface area contributed by atoms with Crippen molar-refractivity contribution in [2.75, 3.05) is 5.32 Å². The van der Waals surface area contributed by atoms with Crippen LogP contribution >= 0.6 is 11.3 Å². The van der Waals surface area contributed by atoms with E-state index in [-0.39, 0.29) is 11.4 Å². The van der Waals surface area contributed by atoms with E-state index in [4.69, 9.17) is 0 Å². The van der Waals surface area contributed by atoms with Crippen LogP contribution in [0, 0.1) is 5.82 Å². The molecule has 4 nitrogen and oxygen atoms in total. The average molecular weight is 337 g/mol. The molecule has 2 N–H and O–H groups in total. The molecule has 0 bridgehead atoms. The first-order chi connectivity index (χ1) is 11.7. The summed E-state index contributed by atoms with van der Waals surface area (Å²) in [6.45, 7) is 0.